The normalized spacial score (nSPS) is 27.1. The maximum atomic E-state index is 14.5. The van der Waals surface area contributed by atoms with Gasteiger partial charge in [0.05, 0.1) is 12.6 Å². The van der Waals surface area contributed by atoms with Crippen molar-refractivity contribution in [3.05, 3.63) is 35.9 Å². The number of nitrogens with zero attached hydrogens (tertiary/aromatic N) is 1. The van der Waals surface area contributed by atoms with Gasteiger partial charge in [-0.3, -0.25) is 4.79 Å². The maximum Gasteiger partial charge on any atom is 0.410 e. The van der Waals surface area contributed by atoms with Gasteiger partial charge >= 0.3 is 12.1 Å². The van der Waals surface area contributed by atoms with Crippen LogP contribution in [0.3, 0.4) is 0 Å². The van der Waals surface area contributed by atoms with Gasteiger partial charge < -0.3 is 14.7 Å². The van der Waals surface area contributed by atoms with E-state index < -0.39 is 35.1 Å². The average molecular weight is 337 g/mol. The molecule has 0 radical (unpaired) electrons. The van der Waals surface area contributed by atoms with Gasteiger partial charge in [-0.15, -0.1) is 0 Å². The van der Waals surface area contributed by atoms with Crippen molar-refractivity contribution in [2.24, 2.45) is 10.8 Å². The van der Waals surface area contributed by atoms with Gasteiger partial charge in [-0.2, -0.15) is 0 Å². The number of carboxylic acids is 1. The average Bonchev–Trinajstić information content (AvgIpc) is 2.79. The van der Waals surface area contributed by atoms with Gasteiger partial charge in [-0.1, -0.05) is 51.1 Å². The molecule has 5 nitrogen and oxygen atoms in total. The Morgan fingerprint density at radius 3 is 2.42 bits per heavy atom. The fourth-order valence-corrected chi connectivity index (χ4v) is 3.56. The second-order valence-corrected chi connectivity index (χ2v) is 7.52. The minimum absolute atomic E-state index is 0.0633. The Morgan fingerprint density at radius 1 is 1.33 bits per heavy atom. The molecule has 0 aromatic heterocycles. The number of carbonyl (C=O) groups is 2. The third-order valence-corrected chi connectivity index (χ3v) is 4.61. The van der Waals surface area contributed by atoms with Crippen molar-refractivity contribution >= 4 is 12.1 Å². The fourth-order valence-electron chi connectivity index (χ4n) is 3.56. The molecular weight excluding hydrogens is 313 g/mol. The number of likely N-dealkylation sites (tertiary alicyclic amines) is 1. The molecule has 1 aliphatic heterocycles. The highest BCUT2D eigenvalue weighted by Gasteiger charge is 2.62. The van der Waals surface area contributed by atoms with Crippen LogP contribution >= 0.6 is 0 Å². The van der Waals surface area contributed by atoms with Crippen LogP contribution < -0.4 is 0 Å². The number of hydrogen-bond donors (Lipinski definition) is 1. The van der Waals surface area contributed by atoms with Crippen molar-refractivity contribution in [2.75, 3.05) is 6.54 Å². The zero-order valence-electron chi connectivity index (χ0n) is 14.5. The summed E-state index contributed by atoms with van der Waals surface area (Å²) in [6.07, 6.45) is -2.34. The molecule has 3 atom stereocenters. The van der Waals surface area contributed by atoms with Gasteiger partial charge in [0, 0.05) is 0 Å². The molecule has 0 bridgehead atoms. The molecule has 1 aliphatic rings. The summed E-state index contributed by atoms with van der Waals surface area (Å²) in [7, 11) is 0. The Bertz CT molecular complexity index is 613. The number of amides is 1. The second kappa shape index (κ2) is 6.42. The first-order chi connectivity index (χ1) is 11.1. The van der Waals surface area contributed by atoms with Gasteiger partial charge in [0.15, 0.2) is 0 Å². The molecule has 2 unspecified atom stereocenters. The van der Waals surface area contributed by atoms with Crippen LogP contribution in [0.1, 0.15) is 33.3 Å². The van der Waals surface area contributed by atoms with Crippen LogP contribution in [-0.2, 0) is 16.1 Å². The molecule has 1 fully saturated rings. The van der Waals surface area contributed by atoms with Crippen molar-refractivity contribution < 1.29 is 23.8 Å². The zero-order valence-corrected chi connectivity index (χ0v) is 14.5. The monoisotopic (exact) mass is 337 g/mol. The van der Waals surface area contributed by atoms with Crippen LogP contribution in [0.2, 0.25) is 0 Å². The van der Waals surface area contributed by atoms with E-state index in [-0.39, 0.29) is 13.2 Å². The summed E-state index contributed by atoms with van der Waals surface area (Å²) >= 11 is 0. The summed E-state index contributed by atoms with van der Waals surface area (Å²) in [6.45, 7) is 6.55. The lowest BCUT2D eigenvalue weighted by atomic mass is 9.69. The maximum absolute atomic E-state index is 14.5. The van der Waals surface area contributed by atoms with Gasteiger partial charge in [0.25, 0.3) is 0 Å². The molecule has 0 aliphatic carbocycles. The molecule has 1 saturated heterocycles. The molecule has 1 aromatic carbocycles. The summed E-state index contributed by atoms with van der Waals surface area (Å²) in [5, 5.41) is 9.57. The quantitative estimate of drug-likeness (QED) is 0.917. The molecule has 0 spiro atoms. The number of aliphatic carboxylic acids is 1. The van der Waals surface area contributed by atoms with Crippen molar-refractivity contribution in [2.45, 2.75) is 46.5 Å². The minimum atomic E-state index is -1.66. The van der Waals surface area contributed by atoms with Crippen LogP contribution in [0.4, 0.5) is 9.18 Å². The SMILES string of the molecule is CC(C)(C)C1N(C(=O)OCc2ccccc2)CC(F)[C@]1(C)C(=O)O. The first-order valence-corrected chi connectivity index (χ1v) is 7.93. The first-order valence-electron chi connectivity index (χ1n) is 7.93. The molecule has 24 heavy (non-hydrogen) atoms. The van der Waals surface area contributed by atoms with Crippen molar-refractivity contribution in [1.29, 1.82) is 0 Å². The highest BCUT2D eigenvalue weighted by molar-refractivity contribution is 5.80. The number of carboxylic acid groups (broad SMARTS) is 1. The third kappa shape index (κ3) is 3.23. The van der Waals surface area contributed by atoms with Crippen LogP contribution in [0, 0.1) is 10.8 Å². The summed E-state index contributed by atoms with van der Waals surface area (Å²) in [5.74, 6) is -1.24. The van der Waals surface area contributed by atoms with Crippen molar-refractivity contribution in [1.82, 2.24) is 4.90 Å². The number of ether oxygens (including phenoxy) is 1. The molecule has 132 valence electrons. The van der Waals surface area contributed by atoms with Crippen molar-refractivity contribution in [3.8, 4) is 0 Å². The van der Waals surface area contributed by atoms with Gasteiger partial charge in [0.2, 0.25) is 0 Å². The molecule has 1 heterocycles. The summed E-state index contributed by atoms with van der Waals surface area (Å²) in [4.78, 5) is 25.4. The predicted octanol–water partition coefficient (Wildman–Crippen LogP) is 3.48. The van der Waals surface area contributed by atoms with Gasteiger partial charge in [0.1, 0.15) is 18.2 Å². The van der Waals surface area contributed by atoms with Gasteiger partial charge in [-0.25, -0.2) is 9.18 Å². The zero-order chi connectivity index (χ0) is 18.1. The molecule has 1 N–H and O–H groups in total. The predicted molar refractivity (Wildman–Crippen MR) is 87.2 cm³/mol. The fraction of sp³-hybridized carbons (Fsp3) is 0.556. The largest absolute Gasteiger partial charge is 0.481 e. The summed E-state index contributed by atoms with van der Waals surface area (Å²) < 4.78 is 19.8. The molecule has 2 rings (SSSR count). The van der Waals surface area contributed by atoms with E-state index in [0.717, 1.165) is 5.56 Å². The highest BCUT2D eigenvalue weighted by Crippen LogP contribution is 2.47. The number of halogens is 1. The van der Waals surface area contributed by atoms with Gasteiger partial charge in [-0.05, 0) is 17.9 Å². The molecule has 1 amide bonds. The Morgan fingerprint density at radius 2 is 1.92 bits per heavy atom. The van der Waals surface area contributed by atoms with E-state index >= 15 is 0 Å². The van der Waals surface area contributed by atoms with E-state index in [1.165, 1.54) is 11.8 Å². The Hall–Kier alpha value is -2.11. The lowest BCUT2D eigenvalue weighted by molar-refractivity contribution is -0.154. The van der Waals surface area contributed by atoms with Crippen molar-refractivity contribution in [3.63, 3.8) is 0 Å². The lowest BCUT2D eigenvalue weighted by Crippen LogP contribution is -2.53. The third-order valence-electron chi connectivity index (χ3n) is 4.61. The van der Waals surface area contributed by atoms with Crippen LogP contribution in [0.25, 0.3) is 0 Å². The smallest absolute Gasteiger partial charge is 0.410 e. The number of carbonyl (C=O) groups excluding carboxylic acids is 1. The van der Waals surface area contributed by atoms with E-state index in [9.17, 15) is 19.1 Å². The van der Waals surface area contributed by atoms with E-state index in [1.807, 2.05) is 30.3 Å². The number of rotatable bonds is 3. The molecule has 6 heteroatoms. The molecular formula is C18H24FNO4. The Labute approximate surface area is 141 Å². The first kappa shape index (κ1) is 18.2. The minimum Gasteiger partial charge on any atom is -0.481 e. The molecule has 1 aromatic rings. The Kier molecular flexibility index (Phi) is 4.87. The van der Waals surface area contributed by atoms with Crippen LogP contribution in [0.15, 0.2) is 30.3 Å². The Balaban J connectivity index is 2.21. The second-order valence-electron chi connectivity index (χ2n) is 7.52. The van der Waals surface area contributed by atoms with Crippen LogP contribution in [-0.4, -0.2) is 40.8 Å². The number of alkyl halides is 1. The van der Waals surface area contributed by atoms with Crippen LogP contribution in [0.5, 0.6) is 0 Å². The standard InChI is InChI=1S/C18H24FNO4/c1-17(2,3)14-18(4,15(21)22)13(19)10-20(14)16(23)24-11-12-8-6-5-7-9-12/h5-9,13-14H,10-11H2,1-4H3,(H,21,22)/t13?,14?,18-/m0/s1. The van der Waals surface area contributed by atoms with E-state index in [2.05, 4.69) is 0 Å². The highest BCUT2D eigenvalue weighted by atomic mass is 19.1. The summed E-state index contributed by atoms with van der Waals surface area (Å²) in [5.41, 5.74) is -1.46. The number of hydrogen-bond acceptors (Lipinski definition) is 3. The lowest BCUT2D eigenvalue weighted by Gasteiger charge is -2.41. The van der Waals surface area contributed by atoms with E-state index in [1.54, 1.807) is 20.8 Å². The summed E-state index contributed by atoms with van der Waals surface area (Å²) in [6, 6.07) is 8.34. The number of benzene rings is 1. The van der Waals surface area contributed by atoms with E-state index in [4.69, 9.17) is 4.74 Å². The van der Waals surface area contributed by atoms with E-state index in [0.29, 0.717) is 0 Å². The topological polar surface area (TPSA) is 66.8 Å². The molecule has 0 saturated carbocycles.